The molecule has 2 aromatic carbocycles. The summed E-state index contributed by atoms with van der Waals surface area (Å²) in [6.45, 7) is 4.32. The van der Waals surface area contributed by atoms with Crippen LogP contribution in [0.4, 0.5) is 15.6 Å². The molecule has 0 atom stereocenters. The first kappa shape index (κ1) is 24.9. The summed E-state index contributed by atoms with van der Waals surface area (Å²) < 4.78 is 5.08. The van der Waals surface area contributed by atoms with Crippen molar-refractivity contribution in [3.63, 3.8) is 0 Å². The molecule has 3 aromatic rings. The van der Waals surface area contributed by atoms with Crippen LogP contribution in [-0.4, -0.2) is 42.6 Å². The topological polar surface area (TPSA) is 101 Å². The number of hydrogen-bond acceptors (Lipinski definition) is 6. The fourth-order valence-electron chi connectivity index (χ4n) is 3.21. The summed E-state index contributed by atoms with van der Waals surface area (Å²) in [7, 11) is 0. The van der Waals surface area contributed by atoms with Crippen LogP contribution in [-0.2, 0) is 16.0 Å². The van der Waals surface area contributed by atoms with E-state index in [1.54, 1.807) is 30.9 Å². The molecule has 0 unspecified atom stereocenters. The molecule has 9 heteroatoms. The number of amides is 3. The van der Waals surface area contributed by atoms with Gasteiger partial charge in [-0.25, -0.2) is 14.6 Å². The molecule has 3 rings (SSSR count). The molecule has 8 nitrogen and oxygen atoms in total. The number of para-hydroxylation sites is 1. The number of nitrogens with zero attached hydrogens (tertiary/aromatic N) is 2. The van der Waals surface area contributed by atoms with Crippen LogP contribution in [0.1, 0.15) is 34.3 Å². The van der Waals surface area contributed by atoms with E-state index < -0.39 is 5.97 Å². The van der Waals surface area contributed by atoms with Crippen LogP contribution in [0.3, 0.4) is 0 Å². The van der Waals surface area contributed by atoms with Crippen LogP contribution in [0.25, 0.3) is 0 Å². The lowest BCUT2D eigenvalue weighted by Gasteiger charge is -2.20. The van der Waals surface area contributed by atoms with E-state index in [1.807, 2.05) is 48.5 Å². The molecule has 0 radical (unpaired) electrons. The van der Waals surface area contributed by atoms with E-state index in [-0.39, 0.29) is 37.2 Å². The maximum absolute atomic E-state index is 13.1. The number of rotatable bonds is 10. The molecule has 3 amide bonds. The van der Waals surface area contributed by atoms with Gasteiger partial charge in [0.1, 0.15) is 0 Å². The van der Waals surface area contributed by atoms with Crippen molar-refractivity contribution in [1.29, 1.82) is 0 Å². The average molecular weight is 481 g/mol. The zero-order chi connectivity index (χ0) is 24.3. The molecule has 2 N–H and O–H groups in total. The highest BCUT2D eigenvalue weighted by Gasteiger charge is 2.24. The fourth-order valence-corrected chi connectivity index (χ4v) is 4.15. The van der Waals surface area contributed by atoms with Crippen molar-refractivity contribution in [2.24, 2.45) is 0 Å². The van der Waals surface area contributed by atoms with Crippen molar-refractivity contribution in [3.05, 3.63) is 76.8 Å². The lowest BCUT2D eigenvalue weighted by Crippen LogP contribution is -2.37. The van der Waals surface area contributed by atoms with Gasteiger partial charge < -0.3 is 15.4 Å². The highest BCUT2D eigenvalue weighted by atomic mass is 32.1. The first-order valence-corrected chi connectivity index (χ1v) is 11.9. The minimum Gasteiger partial charge on any atom is -0.461 e. The molecule has 0 aliphatic rings. The van der Waals surface area contributed by atoms with Crippen LogP contribution in [0, 0.1) is 6.92 Å². The zero-order valence-electron chi connectivity index (χ0n) is 19.2. The highest BCUT2D eigenvalue weighted by molar-refractivity contribution is 7.16. The molecule has 0 fully saturated rings. The quantitative estimate of drug-likeness (QED) is 0.419. The molecule has 0 spiro atoms. The van der Waals surface area contributed by atoms with Gasteiger partial charge in [0.2, 0.25) is 5.91 Å². The maximum atomic E-state index is 13.1. The number of esters is 1. The number of ether oxygens (including phenoxy) is 1. The second-order valence-corrected chi connectivity index (χ2v) is 8.58. The predicted molar refractivity (Wildman–Crippen MR) is 133 cm³/mol. The van der Waals surface area contributed by atoms with E-state index in [9.17, 15) is 14.4 Å². The maximum Gasteiger partial charge on any atom is 0.358 e. The van der Waals surface area contributed by atoms with E-state index >= 15 is 0 Å². The zero-order valence-corrected chi connectivity index (χ0v) is 20.1. The van der Waals surface area contributed by atoms with Crippen LogP contribution in [0.2, 0.25) is 0 Å². The summed E-state index contributed by atoms with van der Waals surface area (Å²) >= 11 is 1.28. The van der Waals surface area contributed by atoms with Gasteiger partial charge in [-0.3, -0.25) is 9.69 Å². The molecule has 0 saturated heterocycles. The molecule has 34 heavy (non-hydrogen) atoms. The first-order valence-electron chi connectivity index (χ1n) is 11.1. The number of anilines is 2. The lowest BCUT2D eigenvalue weighted by molar-refractivity contribution is -0.118. The smallest absolute Gasteiger partial charge is 0.358 e. The van der Waals surface area contributed by atoms with Crippen LogP contribution in [0.5, 0.6) is 0 Å². The molecular formula is C25H28N4O4S. The standard InChI is InChI=1S/C25H28N4O4S/c1-3-33-23(31)22-18(2)34-25(28-22)29(17-15-19-10-6-4-7-11-19)21(30)14-16-26-24(32)27-20-12-8-5-9-13-20/h4-13H,3,14-17H2,1-2H3,(H2,26,27,32). The van der Waals surface area contributed by atoms with Crippen molar-refractivity contribution in [1.82, 2.24) is 10.3 Å². The van der Waals surface area contributed by atoms with Gasteiger partial charge in [-0.05, 0) is 38.0 Å². The van der Waals surface area contributed by atoms with E-state index in [4.69, 9.17) is 4.74 Å². The van der Waals surface area contributed by atoms with Crippen LogP contribution >= 0.6 is 11.3 Å². The summed E-state index contributed by atoms with van der Waals surface area (Å²) in [5.74, 6) is -0.697. The number of thiazole rings is 1. The van der Waals surface area contributed by atoms with Crippen molar-refractivity contribution in [3.8, 4) is 0 Å². The minimum atomic E-state index is -0.503. The molecule has 0 saturated carbocycles. The van der Waals surface area contributed by atoms with Gasteiger partial charge in [0.25, 0.3) is 0 Å². The van der Waals surface area contributed by atoms with E-state index in [2.05, 4.69) is 15.6 Å². The number of carbonyl (C=O) groups is 3. The monoisotopic (exact) mass is 480 g/mol. The summed E-state index contributed by atoms with van der Waals surface area (Å²) in [5, 5.41) is 5.87. The molecule has 0 aliphatic heterocycles. The van der Waals surface area contributed by atoms with Gasteiger partial charge in [0.15, 0.2) is 10.8 Å². The Morgan fingerprint density at radius 2 is 1.71 bits per heavy atom. The Morgan fingerprint density at radius 3 is 2.38 bits per heavy atom. The minimum absolute atomic E-state index is 0.0877. The summed E-state index contributed by atoms with van der Waals surface area (Å²) in [5.41, 5.74) is 1.97. The SMILES string of the molecule is CCOC(=O)c1nc(N(CCc2ccccc2)C(=O)CCNC(=O)Nc2ccccc2)sc1C. The van der Waals surface area contributed by atoms with Gasteiger partial charge in [-0.15, -0.1) is 11.3 Å². The first-order chi connectivity index (χ1) is 16.5. The lowest BCUT2D eigenvalue weighted by atomic mass is 10.1. The molecule has 1 heterocycles. The summed E-state index contributed by atoms with van der Waals surface area (Å²) in [6, 6.07) is 18.5. The summed E-state index contributed by atoms with van der Waals surface area (Å²) in [6.07, 6.45) is 0.715. The molecule has 0 bridgehead atoms. The Labute approximate surface area is 203 Å². The Kier molecular flexibility index (Phi) is 9.16. The second-order valence-electron chi connectivity index (χ2n) is 7.40. The molecule has 178 valence electrons. The van der Waals surface area contributed by atoms with Crippen molar-refractivity contribution >= 4 is 40.1 Å². The summed E-state index contributed by atoms with van der Waals surface area (Å²) in [4.78, 5) is 44.1. The Morgan fingerprint density at radius 1 is 1.03 bits per heavy atom. The number of hydrogen-bond donors (Lipinski definition) is 2. The van der Waals surface area contributed by atoms with Gasteiger partial charge >= 0.3 is 12.0 Å². The van der Waals surface area contributed by atoms with Crippen molar-refractivity contribution < 1.29 is 19.1 Å². The van der Waals surface area contributed by atoms with E-state index in [0.29, 0.717) is 28.7 Å². The van der Waals surface area contributed by atoms with Crippen LogP contribution < -0.4 is 15.5 Å². The number of aryl methyl sites for hydroxylation is 1. The normalized spacial score (nSPS) is 10.4. The van der Waals surface area contributed by atoms with Crippen molar-refractivity contribution in [2.45, 2.75) is 26.7 Å². The van der Waals surface area contributed by atoms with Gasteiger partial charge in [0, 0.05) is 30.1 Å². The Hall–Kier alpha value is -3.72. The Balaban J connectivity index is 1.66. The van der Waals surface area contributed by atoms with Crippen molar-refractivity contribution in [2.75, 3.05) is 29.9 Å². The fraction of sp³-hybridized carbons (Fsp3) is 0.280. The number of aromatic nitrogens is 1. The number of benzene rings is 2. The third-order valence-electron chi connectivity index (χ3n) is 4.91. The third-order valence-corrected chi connectivity index (χ3v) is 5.90. The van der Waals surface area contributed by atoms with E-state index in [0.717, 1.165) is 5.56 Å². The average Bonchev–Trinajstić information content (AvgIpc) is 3.22. The largest absolute Gasteiger partial charge is 0.461 e. The Bertz CT molecular complexity index is 1100. The van der Waals surface area contributed by atoms with Gasteiger partial charge in [0.05, 0.1) is 6.61 Å². The third kappa shape index (κ3) is 7.14. The number of urea groups is 1. The molecular weight excluding hydrogens is 452 g/mol. The van der Waals surface area contributed by atoms with Gasteiger partial charge in [-0.2, -0.15) is 0 Å². The van der Waals surface area contributed by atoms with Crippen LogP contribution in [0.15, 0.2) is 60.7 Å². The number of nitrogens with one attached hydrogen (secondary N) is 2. The van der Waals surface area contributed by atoms with Gasteiger partial charge in [-0.1, -0.05) is 48.5 Å². The van der Waals surface area contributed by atoms with E-state index in [1.165, 1.54) is 11.3 Å². The molecule has 1 aromatic heterocycles. The number of carbonyl (C=O) groups excluding carboxylic acids is 3. The second kappa shape index (κ2) is 12.5. The predicted octanol–water partition coefficient (Wildman–Crippen LogP) is 4.42. The highest BCUT2D eigenvalue weighted by Crippen LogP contribution is 2.27. The molecule has 0 aliphatic carbocycles.